The smallest absolute Gasteiger partial charge is 0.0858 e. The SMILES string of the molecule is CCN1CCOC(C(Cc2c(C)cccc2C)NC)C1. The molecule has 1 N–H and O–H groups in total. The summed E-state index contributed by atoms with van der Waals surface area (Å²) in [6, 6.07) is 6.92. The highest BCUT2D eigenvalue weighted by Gasteiger charge is 2.27. The molecule has 1 saturated heterocycles. The van der Waals surface area contributed by atoms with E-state index in [1.54, 1.807) is 0 Å². The van der Waals surface area contributed by atoms with Crippen LogP contribution in [0.3, 0.4) is 0 Å². The highest BCUT2D eigenvalue weighted by atomic mass is 16.5. The average Bonchev–Trinajstić information content (AvgIpc) is 2.47. The number of aryl methyl sites for hydroxylation is 2. The van der Waals surface area contributed by atoms with E-state index in [0.717, 1.165) is 32.7 Å². The fourth-order valence-electron chi connectivity index (χ4n) is 3.07. The number of hydrogen-bond acceptors (Lipinski definition) is 3. The van der Waals surface area contributed by atoms with Crippen molar-refractivity contribution in [2.75, 3.05) is 33.3 Å². The van der Waals surface area contributed by atoms with Crippen LogP contribution in [0.25, 0.3) is 0 Å². The summed E-state index contributed by atoms with van der Waals surface area (Å²) in [6.07, 6.45) is 1.32. The normalized spacial score (nSPS) is 21.9. The van der Waals surface area contributed by atoms with Crippen LogP contribution >= 0.6 is 0 Å². The van der Waals surface area contributed by atoms with E-state index < -0.39 is 0 Å². The number of morpholine rings is 1. The first-order valence-corrected chi connectivity index (χ1v) is 7.72. The first kappa shape index (κ1) is 15.5. The van der Waals surface area contributed by atoms with E-state index >= 15 is 0 Å². The molecule has 3 heteroatoms. The number of likely N-dealkylation sites (N-methyl/N-ethyl adjacent to an activating group) is 2. The zero-order chi connectivity index (χ0) is 14.5. The fourth-order valence-corrected chi connectivity index (χ4v) is 3.07. The van der Waals surface area contributed by atoms with Crippen LogP contribution in [-0.2, 0) is 11.2 Å². The fraction of sp³-hybridized carbons (Fsp3) is 0.647. The third-order valence-electron chi connectivity index (χ3n) is 4.51. The van der Waals surface area contributed by atoms with Crippen molar-refractivity contribution in [3.05, 3.63) is 34.9 Å². The number of nitrogens with one attached hydrogen (secondary N) is 1. The highest BCUT2D eigenvalue weighted by molar-refractivity contribution is 5.34. The quantitative estimate of drug-likeness (QED) is 0.892. The Kier molecular flexibility index (Phi) is 5.58. The summed E-state index contributed by atoms with van der Waals surface area (Å²) in [4.78, 5) is 2.48. The minimum absolute atomic E-state index is 0.285. The van der Waals surface area contributed by atoms with Gasteiger partial charge in [0.1, 0.15) is 0 Å². The van der Waals surface area contributed by atoms with Gasteiger partial charge in [-0.05, 0) is 50.6 Å². The second kappa shape index (κ2) is 7.21. The van der Waals surface area contributed by atoms with Gasteiger partial charge in [-0.3, -0.25) is 4.90 Å². The monoisotopic (exact) mass is 276 g/mol. The Balaban J connectivity index is 2.08. The number of nitrogens with zero attached hydrogens (tertiary/aromatic N) is 1. The van der Waals surface area contributed by atoms with Crippen LogP contribution in [0.15, 0.2) is 18.2 Å². The molecule has 3 nitrogen and oxygen atoms in total. The summed E-state index contributed by atoms with van der Waals surface area (Å²) < 4.78 is 6.01. The summed E-state index contributed by atoms with van der Waals surface area (Å²) in [5.41, 5.74) is 4.23. The molecule has 0 saturated carbocycles. The molecular weight excluding hydrogens is 248 g/mol. The molecule has 1 aliphatic heterocycles. The predicted molar refractivity (Wildman–Crippen MR) is 84.3 cm³/mol. The molecule has 1 aromatic rings. The zero-order valence-electron chi connectivity index (χ0n) is 13.3. The number of hydrogen-bond donors (Lipinski definition) is 1. The summed E-state index contributed by atoms with van der Waals surface area (Å²) in [5, 5.41) is 3.47. The minimum Gasteiger partial charge on any atom is -0.374 e. The van der Waals surface area contributed by atoms with E-state index in [1.165, 1.54) is 16.7 Å². The van der Waals surface area contributed by atoms with Crippen LogP contribution in [0, 0.1) is 13.8 Å². The maximum absolute atomic E-state index is 6.01. The average molecular weight is 276 g/mol. The van der Waals surface area contributed by atoms with E-state index in [-0.39, 0.29) is 6.10 Å². The Bertz CT molecular complexity index is 413. The molecule has 1 fully saturated rings. The van der Waals surface area contributed by atoms with Gasteiger partial charge in [0.05, 0.1) is 12.7 Å². The maximum Gasteiger partial charge on any atom is 0.0858 e. The minimum atomic E-state index is 0.285. The highest BCUT2D eigenvalue weighted by Crippen LogP contribution is 2.19. The van der Waals surface area contributed by atoms with Crippen molar-refractivity contribution in [3.8, 4) is 0 Å². The molecule has 0 aromatic heterocycles. The van der Waals surface area contributed by atoms with Gasteiger partial charge in [-0.2, -0.15) is 0 Å². The van der Waals surface area contributed by atoms with Crippen molar-refractivity contribution in [2.24, 2.45) is 0 Å². The topological polar surface area (TPSA) is 24.5 Å². The number of rotatable bonds is 5. The molecular formula is C17H28N2O. The summed E-state index contributed by atoms with van der Waals surface area (Å²) >= 11 is 0. The van der Waals surface area contributed by atoms with E-state index in [1.807, 2.05) is 7.05 Å². The van der Waals surface area contributed by atoms with Crippen LogP contribution in [-0.4, -0.2) is 50.3 Å². The largest absolute Gasteiger partial charge is 0.374 e. The van der Waals surface area contributed by atoms with Gasteiger partial charge in [0.2, 0.25) is 0 Å². The molecule has 0 amide bonds. The van der Waals surface area contributed by atoms with Crippen molar-refractivity contribution in [1.29, 1.82) is 0 Å². The second-order valence-electron chi connectivity index (χ2n) is 5.77. The number of ether oxygens (including phenoxy) is 1. The summed E-state index contributed by atoms with van der Waals surface area (Å²) in [6.45, 7) is 10.7. The second-order valence-corrected chi connectivity index (χ2v) is 5.77. The lowest BCUT2D eigenvalue weighted by Gasteiger charge is -2.36. The first-order chi connectivity index (χ1) is 9.65. The lowest BCUT2D eigenvalue weighted by Crippen LogP contribution is -2.52. The molecule has 0 radical (unpaired) electrons. The molecule has 1 aliphatic rings. The van der Waals surface area contributed by atoms with Gasteiger partial charge >= 0.3 is 0 Å². The third-order valence-corrected chi connectivity index (χ3v) is 4.51. The van der Waals surface area contributed by atoms with Gasteiger partial charge in [-0.25, -0.2) is 0 Å². The van der Waals surface area contributed by atoms with Crippen molar-refractivity contribution in [2.45, 2.75) is 39.3 Å². The summed E-state index contributed by atoms with van der Waals surface area (Å²) in [5.74, 6) is 0. The molecule has 2 unspecified atom stereocenters. The van der Waals surface area contributed by atoms with E-state index in [0.29, 0.717) is 6.04 Å². The predicted octanol–water partition coefficient (Wildman–Crippen LogP) is 2.15. The van der Waals surface area contributed by atoms with Gasteiger partial charge < -0.3 is 10.1 Å². The van der Waals surface area contributed by atoms with Crippen LogP contribution in [0.1, 0.15) is 23.6 Å². The molecule has 112 valence electrons. The van der Waals surface area contributed by atoms with E-state index in [2.05, 4.69) is 49.2 Å². The van der Waals surface area contributed by atoms with Crippen molar-refractivity contribution < 1.29 is 4.74 Å². The molecule has 0 spiro atoms. The van der Waals surface area contributed by atoms with Gasteiger partial charge in [0.25, 0.3) is 0 Å². The Morgan fingerprint density at radius 1 is 1.35 bits per heavy atom. The summed E-state index contributed by atoms with van der Waals surface area (Å²) in [7, 11) is 2.05. The number of benzene rings is 1. The molecule has 2 rings (SSSR count). The molecule has 20 heavy (non-hydrogen) atoms. The molecule has 1 aromatic carbocycles. The zero-order valence-corrected chi connectivity index (χ0v) is 13.3. The Morgan fingerprint density at radius 3 is 2.65 bits per heavy atom. The molecule has 1 heterocycles. The lowest BCUT2D eigenvalue weighted by atomic mass is 9.93. The lowest BCUT2D eigenvalue weighted by molar-refractivity contribution is -0.0436. The molecule has 0 aliphatic carbocycles. The Labute approximate surface area is 123 Å². The van der Waals surface area contributed by atoms with Crippen LogP contribution in [0.2, 0.25) is 0 Å². The van der Waals surface area contributed by atoms with Gasteiger partial charge in [-0.1, -0.05) is 25.1 Å². The van der Waals surface area contributed by atoms with Crippen molar-refractivity contribution in [3.63, 3.8) is 0 Å². The van der Waals surface area contributed by atoms with Crippen LogP contribution in [0.4, 0.5) is 0 Å². The van der Waals surface area contributed by atoms with Crippen LogP contribution < -0.4 is 5.32 Å². The Hall–Kier alpha value is -0.900. The third kappa shape index (κ3) is 3.60. The standard InChI is InChI=1S/C17H28N2O/c1-5-19-9-10-20-17(12-19)16(18-4)11-15-13(2)7-6-8-14(15)3/h6-8,16-18H,5,9-12H2,1-4H3. The molecule has 2 atom stereocenters. The van der Waals surface area contributed by atoms with Gasteiger partial charge in [0.15, 0.2) is 0 Å². The van der Waals surface area contributed by atoms with Crippen molar-refractivity contribution >= 4 is 0 Å². The van der Waals surface area contributed by atoms with E-state index in [9.17, 15) is 0 Å². The van der Waals surface area contributed by atoms with Gasteiger partial charge in [0, 0.05) is 19.1 Å². The Morgan fingerprint density at radius 2 is 2.05 bits per heavy atom. The molecule has 0 bridgehead atoms. The first-order valence-electron chi connectivity index (χ1n) is 7.72. The van der Waals surface area contributed by atoms with Gasteiger partial charge in [-0.15, -0.1) is 0 Å². The van der Waals surface area contributed by atoms with Crippen LogP contribution in [0.5, 0.6) is 0 Å². The van der Waals surface area contributed by atoms with Crippen molar-refractivity contribution in [1.82, 2.24) is 10.2 Å². The maximum atomic E-state index is 6.01. The van der Waals surface area contributed by atoms with E-state index in [4.69, 9.17) is 4.74 Å².